The van der Waals surface area contributed by atoms with Gasteiger partial charge in [0.25, 0.3) is 0 Å². The molecule has 54 heavy (non-hydrogen) atoms. The molecular weight excluding hydrogens is 696 g/mol. The molecule has 2 aliphatic carbocycles. The molecule has 2 aromatic carbocycles. The highest BCUT2D eigenvalue weighted by atomic mass is 19.1. The molecule has 4 aromatic rings. The van der Waals surface area contributed by atoms with E-state index in [1.807, 2.05) is 0 Å². The van der Waals surface area contributed by atoms with Crippen molar-refractivity contribution in [1.29, 1.82) is 0 Å². The maximum absolute atomic E-state index is 17.2. The highest BCUT2D eigenvalue weighted by Crippen LogP contribution is 2.51. The summed E-state index contributed by atoms with van der Waals surface area (Å²) in [5.41, 5.74) is -1.98. The lowest BCUT2D eigenvalue weighted by Gasteiger charge is -2.52. The number of rotatable bonds is 9. The minimum absolute atomic E-state index is 0.0280. The monoisotopic (exact) mass is 743 g/mol. The summed E-state index contributed by atoms with van der Waals surface area (Å²) in [5.74, 6) is 0.918. The first-order valence-electron chi connectivity index (χ1n) is 18.8. The molecule has 2 N–H and O–H groups in total. The summed E-state index contributed by atoms with van der Waals surface area (Å²) in [4.78, 5) is 18.4. The fourth-order valence-corrected chi connectivity index (χ4v) is 9.64. The van der Waals surface area contributed by atoms with Crippen LogP contribution in [0.4, 0.5) is 14.6 Å². The molecule has 3 atom stereocenters. The second-order valence-electron chi connectivity index (χ2n) is 16.0. The zero-order valence-electron chi connectivity index (χ0n) is 31.0. The summed E-state index contributed by atoms with van der Waals surface area (Å²) in [6, 6.07) is 7.37. The summed E-state index contributed by atoms with van der Waals surface area (Å²) in [7, 11) is 3.17. The number of hydrogen-bond donors (Lipinski definition) is 2. The first-order chi connectivity index (χ1) is 26.0. The Bertz CT molecular complexity index is 2120. The van der Waals surface area contributed by atoms with Gasteiger partial charge in [-0.3, -0.25) is 4.90 Å². The number of piperidine rings is 1. The number of halogens is 2. The number of aliphatic hydroxyl groups is 1. The number of ether oxygens (including phenoxy) is 4. The van der Waals surface area contributed by atoms with Crippen LogP contribution in [-0.4, -0.2) is 108 Å². The summed E-state index contributed by atoms with van der Waals surface area (Å²) in [6.07, 6.45) is 13.4. The van der Waals surface area contributed by atoms with Crippen LogP contribution in [0.25, 0.3) is 32.9 Å². The van der Waals surface area contributed by atoms with E-state index >= 15 is 8.78 Å². The molecule has 2 aliphatic heterocycles. The van der Waals surface area contributed by atoms with Gasteiger partial charge in [0.05, 0.1) is 39.6 Å². The third-order valence-corrected chi connectivity index (χ3v) is 12.2. The van der Waals surface area contributed by atoms with Crippen LogP contribution in [0.5, 0.6) is 17.6 Å². The molecule has 13 heteroatoms. The van der Waals surface area contributed by atoms with Gasteiger partial charge in [-0.15, -0.1) is 6.42 Å². The number of nitrogens with zero attached hydrogens (tertiary/aromatic N) is 5. The van der Waals surface area contributed by atoms with Crippen molar-refractivity contribution >= 4 is 27.5 Å². The topological polar surface area (TPSA) is 123 Å². The number of benzene rings is 2. The first kappa shape index (κ1) is 36.6. The molecular formula is C41H47F2N5O6. The van der Waals surface area contributed by atoms with Gasteiger partial charge < -0.3 is 34.1 Å². The number of phenolic OH excluding ortho intramolecular Hbond substituents is 1. The number of methoxy groups -OCH3 is 2. The van der Waals surface area contributed by atoms with E-state index < -0.39 is 17.2 Å². The van der Waals surface area contributed by atoms with Crippen molar-refractivity contribution in [2.24, 2.45) is 10.8 Å². The number of phenols is 1. The first-order valence-corrected chi connectivity index (χ1v) is 18.8. The molecule has 2 aromatic heterocycles. The van der Waals surface area contributed by atoms with Crippen LogP contribution in [0.3, 0.4) is 0 Å². The van der Waals surface area contributed by atoms with Crippen molar-refractivity contribution in [3.8, 4) is 41.2 Å². The maximum Gasteiger partial charge on any atom is 0.319 e. The van der Waals surface area contributed by atoms with Gasteiger partial charge in [-0.25, -0.2) is 13.8 Å². The highest BCUT2D eigenvalue weighted by Gasteiger charge is 2.51. The fourth-order valence-electron chi connectivity index (χ4n) is 9.64. The van der Waals surface area contributed by atoms with Crippen LogP contribution >= 0.6 is 0 Å². The van der Waals surface area contributed by atoms with E-state index in [-0.39, 0.29) is 88.1 Å². The van der Waals surface area contributed by atoms with Crippen molar-refractivity contribution < 1.29 is 37.9 Å². The zero-order valence-corrected chi connectivity index (χ0v) is 31.0. The second kappa shape index (κ2) is 14.1. The summed E-state index contributed by atoms with van der Waals surface area (Å²) in [6.45, 7) is 5.04. The van der Waals surface area contributed by atoms with Crippen molar-refractivity contribution in [1.82, 2.24) is 19.9 Å². The van der Waals surface area contributed by atoms with Crippen molar-refractivity contribution in [3.63, 3.8) is 0 Å². The molecule has 11 nitrogen and oxygen atoms in total. The molecule has 0 spiro atoms. The minimum Gasteiger partial charge on any atom is -0.508 e. The van der Waals surface area contributed by atoms with Gasteiger partial charge >= 0.3 is 6.01 Å². The van der Waals surface area contributed by atoms with E-state index in [4.69, 9.17) is 30.4 Å². The predicted octanol–water partition coefficient (Wildman–Crippen LogP) is 5.87. The molecule has 4 heterocycles. The lowest BCUT2D eigenvalue weighted by atomic mass is 9.66. The Morgan fingerprint density at radius 1 is 1.07 bits per heavy atom. The van der Waals surface area contributed by atoms with Crippen LogP contribution in [-0.2, 0) is 9.47 Å². The Morgan fingerprint density at radius 2 is 1.89 bits per heavy atom. The summed E-state index contributed by atoms with van der Waals surface area (Å²) < 4.78 is 56.2. The van der Waals surface area contributed by atoms with Crippen LogP contribution in [0, 0.1) is 34.8 Å². The number of aromatic nitrogens is 3. The number of aromatic hydroxyl groups is 1. The molecule has 286 valence electrons. The van der Waals surface area contributed by atoms with Gasteiger partial charge in [-0.05, 0) is 74.1 Å². The van der Waals surface area contributed by atoms with E-state index in [0.717, 1.165) is 58.0 Å². The predicted molar refractivity (Wildman–Crippen MR) is 200 cm³/mol. The van der Waals surface area contributed by atoms with Gasteiger partial charge in [0.15, 0.2) is 11.4 Å². The number of fused-ring (bicyclic) bond motifs is 3. The maximum atomic E-state index is 17.2. The quantitative estimate of drug-likeness (QED) is 0.200. The fraction of sp³-hybridized carbons (Fsp3) is 0.537. The Hall–Kier alpha value is -4.35. The van der Waals surface area contributed by atoms with Crippen LogP contribution in [0.1, 0.15) is 51.9 Å². The Labute approximate surface area is 313 Å². The van der Waals surface area contributed by atoms with Gasteiger partial charge in [0, 0.05) is 42.6 Å². The van der Waals surface area contributed by atoms with Gasteiger partial charge in [0.2, 0.25) is 5.88 Å². The third-order valence-electron chi connectivity index (χ3n) is 12.2. The molecule has 8 rings (SSSR count). The van der Waals surface area contributed by atoms with E-state index in [9.17, 15) is 10.2 Å². The third kappa shape index (κ3) is 6.46. The number of anilines is 1. The Morgan fingerprint density at radius 3 is 2.67 bits per heavy atom. The molecule has 2 saturated heterocycles. The molecule has 4 fully saturated rings. The van der Waals surface area contributed by atoms with Gasteiger partial charge in [-0.1, -0.05) is 31.4 Å². The standard InChI is InChI=1S/C41H47F2N5O6/c1-5-41(50)22-48(15-16-53-24-41)36-32-35(33(43)34(44-37(32)52-4)28-18-26(49)17-25-9-6-10-29(42)31(25)28)45-38(46-36)54-23-40-12-7-11-30(40)47(14-8-13-40)21-39(2)19-27(20-39)51-3/h1,6,9-10,17-18,27,30,49-50H,7-8,11-16,19-24H2,2-4H3/t27?,30?,39?,40?,41-/m0/s1. The SMILES string of the molecule is C#C[C@@]1(O)COCCN(c2nc(OCC34CCCC3N(CC3(C)CC(OC)C3)CCC4)nc3c(F)c(-c4cc(O)cc5cccc(F)c45)nc(OC)c23)C1. The van der Waals surface area contributed by atoms with E-state index in [0.29, 0.717) is 24.1 Å². The second-order valence-corrected chi connectivity index (χ2v) is 16.0. The van der Waals surface area contributed by atoms with Gasteiger partial charge in [-0.2, -0.15) is 9.97 Å². The highest BCUT2D eigenvalue weighted by molar-refractivity contribution is 6.02. The van der Waals surface area contributed by atoms with E-state index in [1.54, 1.807) is 18.1 Å². The number of hydrogen-bond acceptors (Lipinski definition) is 11. The molecule has 4 aliphatic rings. The van der Waals surface area contributed by atoms with E-state index in [1.165, 1.54) is 31.4 Å². The number of likely N-dealkylation sites (tertiary alicyclic amines) is 1. The van der Waals surface area contributed by atoms with E-state index in [2.05, 4.69) is 27.7 Å². The number of terminal acetylenes is 1. The Kier molecular flexibility index (Phi) is 9.53. The van der Waals surface area contributed by atoms with Crippen molar-refractivity contribution in [2.75, 3.05) is 65.1 Å². The normalized spacial score (nSPS) is 28.7. The van der Waals surface area contributed by atoms with Crippen LogP contribution in [0.15, 0.2) is 30.3 Å². The largest absolute Gasteiger partial charge is 0.508 e. The van der Waals surface area contributed by atoms with Crippen LogP contribution < -0.4 is 14.4 Å². The van der Waals surface area contributed by atoms with Crippen LogP contribution in [0.2, 0.25) is 0 Å². The molecule has 0 radical (unpaired) electrons. The summed E-state index contributed by atoms with van der Waals surface area (Å²) in [5, 5.41) is 22.4. The zero-order chi connectivity index (χ0) is 37.8. The lowest BCUT2D eigenvalue weighted by Crippen LogP contribution is -2.57. The number of β-amino-alcohol motifs (C(OH)–C–C–N with tert-alkyl or cyclic N) is 1. The molecule has 2 unspecified atom stereocenters. The molecule has 0 bridgehead atoms. The summed E-state index contributed by atoms with van der Waals surface area (Å²) >= 11 is 0. The minimum atomic E-state index is -1.66. The Balaban J connectivity index is 1.22. The van der Waals surface area contributed by atoms with Crippen molar-refractivity contribution in [3.05, 3.63) is 42.0 Å². The lowest BCUT2D eigenvalue weighted by molar-refractivity contribution is -0.0877. The van der Waals surface area contributed by atoms with Gasteiger partial charge in [0.1, 0.15) is 34.0 Å². The number of pyridine rings is 1. The molecule has 2 saturated carbocycles. The van der Waals surface area contributed by atoms with Crippen molar-refractivity contribution in [2.45, 2.75) is 69.6 Å². The average molecular weight is 744 g/mol. The molecule has 0 amide bonds. The average Bonchev–Trinajstić information content (AvgIpc) is 3.49. The smallest absolute Gasteiger partial charge is 0.319 e.